The predicted molar refractivity (Wildman–Crippen MR) is 116 cm³/mol. The fourth-order valence-corrected chi connectivity index (χ4v) is 5.77. The van der Waals surface area contributed by atoms with E-state index >= 15 is 0 Å². The zero-order valence-corrected chi connectivity index (χ0v) is 17.7. The maximum atomic E-state index is 13.6. The van der Waals surface area contributed by atoms with Crippen LogP contribution >= 0.6 is 0 Å². The number of ether oxygens (including phenoxy) is 1. The van der Waals surface area contributed by atoms with Crippen molar-refractivity contribution in [1.82, 2.24) is 9.80 Å². The van der Waals surface area contributed by atoms with Crippen molar-refractivity contribution < 1.29 is 14.3 Å². The van der Waals surface area contributed by atoms with E-state index in [4.69, 9.17) is 4.74 Å². The number of fused-ring (bicyclic) bond motifs is 2. The van der Waals surface area contributed by atoms with E-state index in [0.29, 0.717) is 26.2 Å². The molecule has 1 spiro atoms. The number of likely N-dealkylation sites (tertiary alicyclic amines) is 1. The highest BCUT2D eigenvalue weighted by Crippen LogP contribution is 2.52. The number of hydrogen-bond donors (Lipinski definition) is 0. The van der Waals surface area contributed by atoms with Crippen molar-refractivity contribution in [2.45, 2.75) is 38.1 Å². The van der Waals surface area contributed by atoms with Gasteiger partial charge in [-0.25, -0.2) is 0 Å². The lowest BCUT2D eigenvalue weighted by molar-refractivity contribution is -0.143. The summed E-state index contributed by atoms with van der Waals surface area (Å²) >= 11 is 0. The van der Waals surface area contributed by atoms with Crippen molar-refractivity contribution in [1.29, 1.82) is 0 Å². The van der Waals surface area contributed by atoms with Crippen LogP contribution in [0.25, 0.3) is 0 Å². The van der Waals surface area contributed by atoms with E-state index < -0.39 is 17.4 Å². The van der Waals surface area contributed by atoms with Crippen LogP contribution < -0.4 is 0 Å². The molecule has 4 aliphatic rings. The maximum Gasteiger partial charge on any atom is 0.230 e. The number of carbonyl (C=O) groups excluding carboxylic acids is 2. The summed E-state index contributed by atoms with van der Waals surface area (Å²) in [6, 6.07) is 16.6. The lowest BCUT2D eigenvalue weighted by atomic mass is 9.76. The molecule has 158 valence electrons. The molecule has 2 bridgehead atoms. The first-order chi connectivity index (χ1) is 15.0. The standard InChI is InChI=1S/C26H26N2O3/c1-17-6-8-18(9-7-17)11-13-27-16-26-12-10-21(31-26)22(23(26)25(27)30)24(29)28-14-19-4-2-3-5-20(19)15-28/h2-10,12,21-23H,11,13-16H2,1H3/t21-,22+,23-,26-/m0/s1. The van der Waals surface area contributed by atoms with Gasteiger partial charge in [-0.15, -0.1) is 0 Å². The number of aryl methyl sites for hydroxylation is 1. The van der Waals surface area contributed by atoms with Gasteiger partial charge in [0.15, 0.2) is 0 Å². The minimum atomic E-state index is -0.637. The Kier molecular flexibility index (Phi) is 4.12. The summed E-state index contributed by atoms with van der Waals surface area (Å²) in [4.78, 5) is 30.8. The zero-order chi connectivity index (χ0) is 21.2. The number of amides is 2. The average molecular weight is 415 g/mol. The highest BCUT2D eigenvalue weighted by molar-refractivity contribution is 5.93. The first kappa shape index (κ1) is 18.8. The summed E-state index contributed by atoms with van der Waals surface area (Å²) in [5.41, 5.74) is 4.21. The Labute approximate surface area is 182 Å². The molecule has 2 saturated heterocycles. The minimum absolute atomic E-state index is 0.0474. The van der Waals surface area contributed by atoms with Gasteiger partial charge in [0.05, 0.1) is 24.5 Å². The number of rotatable bonds is 4. The smallest absolute Gasteiger partial charge is 0.230 e. The molecular weight excluding hydrogens is 388 g/mol. The fraction of sp³-hybridized carbons (Fsp3) is 0.385. The number of hydrogen-bond acceptors (Lipinski definition) is 3. The van der Waals surface area contributed by atoms with Gasteiger partial charge in [-0.3, -0.25) is 9.59 Å². The van der Waals surface area contributed by atoms with Gasteiger partial charge < -0.3 is 14.5 Å². The van der Waals surface area contributed by atoms with E-state index in [9.17, 15) is 9.59 Å². The molecule has 2 amide bonds. The second-order valence-electron chi connectivity index (χ2n) is 9.36. The molecule has 4 aliphatic heterocycles. The monoisotopic (exact) mass is 414 g/mol. The molecule has 0 saturated carbocycles. The number of carbonyl (C=O) groups is 2. The van der Waals surface area contributed by atoms with E-state index in [0.717, 1.165) is 6.42 Å². The summed E-state index contributed by atoms with van der Waals surface area (Å²) in [7, 11) is 0. The van der Waals surface area contributed by atoms with E-state index in [-0.39, 0.29) is 17.9 Å². The van der Waals surface area contributed by atoms with Gasteiger partial charge in [-0.05, 0) is 30.0 Å². The van der Waals surface area contributed by atoms with Crippen LogP contribution in [0.4, 0.5) is 0 Å². The third-order valence-corrected chi connectivity index (χ3v) is 7.41. The Bertz CT molecular complexity index is 1070. The van der Waals surface area contributed by atoms with E-state index in [1.165, 1.54) is 22.3 Å². The summed E-state index contributed by atoms with van der Waals surface area (Å²) < 4.78 is 6.30. The van der Waals surface area contributed by atoms with Crippen molar-refractivity contribution >= 4 is 11.8 Å². The molecule has 0 aromatic heterocycles. The lowest BCUT2D eigenvalue weighted by Gasteiger charge is -2.27. The Morgan fingerprint density at radius 1 is 1.10 bits per heavy atom. The predicted octanol–water partition coefficient (Wildman–Crippen LogP) is 2.86. The maximum absolute atomic E-state index is 13.6. The van der Waals surface area contributed by atoms with Crippen LogP contribution in [0.3, 0.4) is 0 Å². The Morgan fingerprint density at radius 2 is 1.81 bits per heavy atom. The molecule has 4 atom stereocenters. The van der Waals surface area contributed by atoms with Crippen LogP contribution in [0, 0.1) is 18.8 Å². The van der Waals surface area contributed by atoms with Gasteiger partial charge in [0.25, 0.3) is 0 Å². The van der Waals surface area contributed by atoms with Crippen molar-refractivity contribution in [2.75, 3.05) is 13.1 Å². The minimum Gasteiger partial charge on any atom is -0.360 e. The van der Waals surface area contributed by atoms with Gasteiger partial charge in [0.1, 0.15) is 5.60 Å². The summed E-state index contributed by atoms with van der Waals surface area (Å²) in [6.45, 7) is 4.50. The molecule has 5 heteroatoms. The van der Waals surface area contributed by atoms with Crippen LogP contribution in [0.15, 0.2) is 60.7 Å². The molecule has 2 fully saturated rings. The lowest BCUT2D eigenvalue weighted by Crippen LogP contribution is -2.44. The van der Waals surface area contributed by atoms with Crippen molar-refractivity contribution in [3.63, 3.8) is 0 Å². The molecule has 4 heterocycles. The van der Waals surface area contributed by atoms with Crippen LogP contribution in [0.1, 0.15) is 22.3 Å². The average Bonchev–Trinajstić information content (AvgIpc) is 3.52. The SMILES string of the molecule is Cc1ccc(CCN2C[C@]34C=C[C@H](O3)[C@@H](C(=O)N3Cc5ccccc5C3)[C@H]4C2=O)cc1. The summed E-state index contributed by atoms with van der Waals surface area (Å²) in [5, 5.41) is 0. The molecule has 0 unspecified atom stereocenters. The normalized spacial score (nSPS) is 30.2. The second-order valence-corrected chi connectivity index (χ2v) is 9.36. The Morgan fingerprint density at radius 3 is 2.52 bits per heavy atom. The third-order valence-electron chi connectivity index (χ3n) is 7.41. The van der Waals surface area contributed by atoms with Crippen LogP contribution in [0.5, 0.6) is 0 Å². The van der Waals surface area contributed by atoms with Gasteiger partial charge >= 0.3 is 0 Å². The summed E-state index contributed by atoms with van der Waals surface area (Å²) in [5.74, 6) is -0.715. The highest BCUT2D eigenvalue weighted by atomic mass is 16.5. The van der Waals surface area contributed by atoms with Crippen molar-refractivity contribution in [3.05, 3.63) is 82.9 Å². The fourth-order valence-electron chi connectivity index (χ4n) is 5.77. The first-order valence-corrected chi connectivity index (χ1v) is 11.1. The summed E-state index contributed by atoms with van der Waals surface area (Å²) in [6.07, 6.45) is 4.56. The molecule has 31 heavy (non-hydrogen) atoms. The highest BCUT2D eigenvalue weighted by Gasteiger charge is 2.67. The zero-order valence-electron chi connectivity index (χ0n) is 17.7. The molecule has 2 aromatic rings. The van der Waals surface area contributed by atoms with Gasteiger partial charge in [-0.1, -0.05) is 66.2 Å². The molecule has 6 rings (SSSR count). The topological polar surface area (TPSA) is 49.9 Å². The molecule has 0 aliphatic carbocycles. The van der Waals surface area contributed by atoms with Gasteiger partial charge in [0.2, 0.25) is 11.8 Å². The Hall–Kier alpha value is -2.92. The molecule has 0 radical (unpaired) electrons. The largest absolute Gasteiger partial charge is 0.360 e. The van der Waals surface area contributed by atoms with Gasteiger partial charge in [0, 0.05) is 19.6 Å². The van der Waals surface area contributed by atoms with Gasteiger partial charge in [-0.2, -0.15) is 0 Å². The van der Waals surface area contributed by atoms with E-state index in [2.05, 4.69) is 43.3 Å². The van der Waals surface area contributed by atoms with Crippen LogP contribution in [-0.2, 0) is 33.8 Å². The van der Waals surface area contributed by atoms with Crippen LogP contribution in [0.2, 0.25) is 0 Å². The third kappa shape index (κ3) is 2.87. The number of nitrogens with zero attached hydrogens (tertiary/aromatic N) is 2. The first-order valence-electron chi connectivity index (χ1n) is 11.1. The van der Waals surface area contributed by atoms with Crippen molar-refractivity contribution in [3.8, 4) is 0 Å². The second kappa shape index (κ2) is 6.79. The van der Waals surface area contributed by atoms with E-state index in [1.54, 1.807) is 0 Å². The van der Waals surface area contributed by atoms with E-state index in [1.807, 2.05) is 34.1 Å². The van der Waals surface area contributed by atoms with Crippen molar-refractivity contribution in [2.24, 2.45) is 11.8 Å². The Balaban J connectivity index is 1.20. The number of benzene rings is 2. The molecular formula is C26H26N2O3. The molecule has 2 aromatic carbocycles. The molecule has 0 N–H and O–H groups in total. The van der Waals surface area contributed by atoms with Crippen LogP contribution in [-0.4, -0.2) is 46.4 Å². The quantitative estimate of drug-likeness (QED) is 0.723. The molecule has 5 nitrogen and oxygen atoms in total.